The van der Waals surface area contributed by atoms with E-state index in [9.17, 15) is 4.79 Å². The van der Waals surface area contributed by atoms with Gasteiger partial charge in [0.2, 0.25) is 0 Å². The van der Waals surface area contributed by atoms with Crippen molar-refractivity contribution < 1.29 is 9.53 Å². The number of rotatable bonds is 9. The van der Waals surface area contributed by atoms with E-state index in [1.165, 1.54) is 5.56 Å². The molecule has 1 fully saturated rings. The van der Waals surface area contributed by atoms with Gasteiger partial charge in [0.1, 0.15) is 5.75 Å². The molecule has 3 N–H and O–H groups in total. The Hall–Kier alpha value is -1.81. The molecule has 1 aromatic carbocycles. The number of halogens is 1. The minimum absolute atomic E-state index is 0. The average molecular weight is 514 g/mol. The highest BCUT2D eigenvalue weighted by Crippen LogP contribution is 2.18. The van der Waals surface area contributed by atoms with Gasteiger partial charge in [0.25, 0.3) is 5.91 Å². The topological polar surface area (TPSA) is 74.8 Å². The number of carbonyl (C=O) groups excluding carboxylic acids is 1. The van der Waals surface area contributed by atoms with Crippen molar-refractivity contribution in [3.63, 3.8) is 0 Å². The number of nitrogens with zero attached hydrogens (tertiary/aromatic N) is 1. The van der Waals surface area contributed by atoms with Crippen molar-refractivity contribution in [2.45, 2.75) is 38.9 Å². The zero-order chi connectivity index (χ0) is 18.9. The Bertz CT molecular complexity index is 763. The molecule has 0 atom stereocenters. The van der Waals surface area contributed by atoms with Crippen molar-refractivity contribution in [1.82, 2.24) is 16.0 Å². The van der Waals surface area contributed by atoms with Crippen LogP contribution in [0.4, 0.5) is 0 Å². The highest BCUT2D eigenvalue weighted by molar-refractivity contribution is 14.0. The lowest BCUT2D eigenvalue weighted by Crippen LogP contribution is -2.36. The molecule has 0 saturated heterocycles. The standard InChI is InChI=1S/C20H26N4O2S.HI/c1-2-21-20(23-12-16-8-9-27-14-16)22-11-15-4-3-5-18(10-15)26-13-19(25)24-17-6-7-17;/h3-5,8-10,14,17H,2,6-7,11-13H2,1H3,(H,24,25)(H2,21,22,23);1H. The number of benzene rings is 1. The maximum atomic E-state index is 11.7. The van der Waals surface area contributed by atoms with Crippen LogP contribution in [0.5, 0.6) is 5.75 Å². The van der Waals surface area contributed by atoms with Gasteiger partial charge in [-0.1, -0.05) is 12.1 Å². The monoisotopic (exact) mass is 514 g/mol. The van der Waals surface area contributed by atoms with Crippen LogP contribution >= 0.6 is 35.3 Å². The van der Waals surface area contributed by atoms with Crippen LogP contribution in [0, 0.1) is 0 Å². The SMILES string of the molecule is CCNC(=NCc1ccsc1)NCc1cccc(OCC(=O)NC2CC2)c1.I. The minimum atomic E-state index is -0.0592. The maximum Gasteiger partial charge on any atom is 0.258 e. The number of aliphatic imine (C=N–C) groups is 1. The Morgan fingerprint density at radius 2 is 2.11 bits per heavy atom. The van der Waals surface area contributed by atoms with Gasteiger partial charge in [-0.15, -0.1) is 24.0 Å². The molecule has 6 nitrogen and oxygen atoms in total. The highest BCUT2D eigenvalue weighted by atomic mass is 127. The van der Waals surface area contributed by atoms with Crippen LogP contribution in [-0.4, -0.2) is 31.1 Å². The number of hydrogen-bond donors (Lipinski definition) is 3. The van der Waals surface area contributed by atoms with Crippen LogP contribution in [-0.2, 0) is 17.9 Å². The summed E-state index contributed by atoms with van der Waals surface area (Å²) in [5, 5.41) is 13.7. The molecule has 1 aliphatic carbocycles. The van der Waals surface area contributed by atoms with E-state index in [0.29, 0.717) is 24.9 Å². The summed E-state index contributed by atoms with van der Waals surface area (Å²) < 4.78 is 5.60. The van der Waals surface area contributed by atoms with Crippen LogP contribution in [0.3, 0.4) is 0 Å². The third-order valence-electron chi connectivity index (χ3n) is 4.01. The van der Waals surface area contributed by atoms with Gasteiger partial charge in [-0.3, -0.25) is 4.79 Å². The Morgan fingerprint density at radius 1 is 1.25 bits per heavy atom. The van der Waals surface area contributed by atoms with E-state index in [2.05, 4.69) is 37.8 Å². The molecular weight excluding hydrogens is 487 g/mol. The first-order valence-electron chi connectivity index (χ1n) is 9.27. The van der Waals surface area contributed by atoms with Crippen molar-refractivity contribution in [3.05, 3.63) is 52.2 Å². The van der Waals surface area contributed by atoms with Gasteiger partial charge in [-0.05, 0) is 59.9 Å². The number of nitrogens with one attached hydrogen (secondary N) is 3. The summed E-state index contributed by atoms with van der Waals surface area (Å²) in [7, 11) is 0. The van der Waals surface area contributed by atoms with E-state index in [1.54, 1.807) is 11.3 Å². The summed E-state index contributed by atoms with van der Waals surface area (Å²) >= 11 is 1.68. The fourth-order valence-corrected chi connectivity index (χ4v) is 3.13. The van der Waals surface area contributed by atoms with Crippen molar-refractivity contribution >= 4 is 47.2 Å². The molecule has 8 heteroatoms. The molecule has 1 saturated carbocycles. The number of carbonyl (C=O) groups is 1. The second kappa shape index (κ2) is 11.9. The number of hydrogen-bond acceptors (Lipinski definition) is 4. The van der Waals surface area contributed by atoms with Gasteiger partial charge in [0, 0.05) is 19.1 Å². The van der Waals surface area contributed by atoms with Gasteiger partial charge >= 0.3 is 0 Å². The van der Waals surface area contributed by atoms with Crippen molar-refractivity contribution in [2.24, 2.45) is 4.99 Å². The second-order valence-corrected chi connectivity index (χ2v) is 7.24. The van der Waals surface area contributed by atoms with E-state index in [-0.39, 0.29) is 36.5 Å². The van der Waals surface area contributed by atoms with Crippen LogP contribution in [0.1, 0.15) is 30.9 Å². The molecule has 1 aromatic heterocycles. The highest BCUT2D eigenvalue weighted by Gasteiger charge is 2.23. The number of ether oxygens (including phenoxy) is 1. The molecule has 1 aliphatic rings. The third kappa shape index (κ3) is 8.05. The summed E-state index contributed by atoms with van der Waals surface area (Å²) in [6, 6.07) is 10.2. The fraction of sp³-hybridized carbons (Fsp3) is 0.400. The van der Waals surface area contributed by atoms with Gasteiger partial charge in [-0.2, -0.15) is 11.3 Å². The second-order valence-electron chi connectivity index (χ2n) is 6.46. The molecular formula is C20H27IN4O2S. The average Bonchev–Trinajstić information content (AvgIpc) is 3.33. The van der Waals surface area contributed by atoms with Gasteiger partial charge in [0.15, 0.2) is 12.6 Å². The molecule has 0 unspecified atom stereocenters. The Morgan fingerprint density at radius 3 is 2.82 bits per heavy atom. The van der Waals surface area contributed by atoms with Gasteiger partial charge in [0.05, 0.1) is 6.54 Å². The molecule has 1 heterocycles. The third-order valence-corrected chi connectivity index (χ3v) is 4.75. The molecule has 152 valence electrons. The Balaban J connectivity index is 0.00000280. The Labute approximate surface area is 187 Å². The largest absolute Gasteiger partial charge is 0.484 e. The molecule has 0 spiro atoms. The summed E-state index contributed by atoms with van der Waals surface area (Å²) in [5.74, 6) is 1.41. The molecule has 2 aromatic rings. The number of guanidine groups is 1. The van der Waals surface area contributed by atoms with Crippen LogP contribution in [0.25, 0.3) is 0 Å². The van der Waals surface area contributed by atoms with Crippen molar-refractivity contribution in [3.8, 4) is 5.75 Å². The van der Waals surface area contributed by atoms with Gasteiger partial charge in [-0.25, -0.2) is 4.99 Å². The first kappa shape index (κ1) is 22.5. The predicted octanol–water partition coefficient (Wildman–Crippen LogP) is 3.28. The van der Waals surface area contributed by atoms with E-state index in [0.717, 1.165) is 30.9 Å². The van der Waals surface area contributed by atoms with E-state index >= 15 is 0 Å². The Kier molecular flexibility index (Phi) is 9.56. The molecule has 0 radical (unpaired) electrons. The summed E-state index contributed by atoms with van der Waals surface area (Å²) in [6.45, 7) is 4.18. The summed E-state index contributed by atoms with van der Waals surface area (Å²) in [6.07, 6.45) is 2.16. The first-order valence-corrected chi connectivity index (χ1v) is 10.2. The van der Waals surface area contributed by atoms with Gasteiger partial charge < -0.3 is 20.7 Å². The summed E-state index contributed by atoms with van der Waals surface area (Å²) in [5.41, 5.74) is 2.27. The normalized spacial score (nSPS) is 13.4. The maximum absolute atomic E-state index is 11.7. The molecule has 1 amide bonds. The molecule has 0 aliphatic heterocycles. The lowest BCUT2D eigenvalue weighted by atomic mass is 10.2. The van der Waals surface area contributed by atoms with Crippen molar-refractivity contribution in [1.29, 1.82) is 0 Å². The van der Waals surface area contributed by atoms with E-state index in [4.69, 9.17) is 4.74 Å². The zero-order valence-electron chi connectivity index (χ0n) is 15.9. The number of amides is 1. The number of thiophene rings is 1. The first-order chi connectivity index (χ1) is 13.2. The summed E-state index contributed by atoms with van der Waals surface area (Å²) in [4.78, 5) is 16.3. The van der Waals surface area contributed by atoms with E-state index < -0.39 is 0 Å². The fourth-order valence-electron chi connectivity index (χ4n) is 2.47. The lowest BCUT2D eigenvalue weighted by molar-refractivity contribution is -0.123. The molecule has 3 rings (SSSR count). The lowest BCUT2D eigenvalue weighted by Gasteiger charge is -2.12. The minimum Gasteiger partial charge on any atom is -0.484 e. The smallest absolute Gasteiger partial charge is 0.258 e. The molecule has 0 bridgehead atoms. The van der Waals surface area contributed by atoms with Crippen LogP contribution in [0.2, 0.25) is 0 Å². The quantitative estimate of drug-likeness (QED) is 0.273. The van der Waals surface area contributed by atoms with E-state index in [1.807, 2.05) is 31.2 Å². The van der Waals surface area contributed by atoms with Crippen molar-refractivity contribution in [2.75, 3.05) is 13.2 Å². The molecule has 28 heavy (non-hydrogen) atoms. The predicted molar refractivity (Wildman–Crippen MR) is 124 cm³/mol. The zero-order valence-corrected chi connectivity index (χ0v) is 19.1. The van der Waals surface area contributed by atoms with Crippen LogP contribution < -0.4 is 20.7 Å². The van der Waals surface area contributed by atoms with Crippen LogP contribution in [0.15, 0.2) is 46.1 Å².